The third kappa shape index (κ3) is 5.29. The van der Waals surface area contributed by atoms with Gasteiger partial charge in [-0.3, -0.25) is 25.1 Å². The molecule has 5 aliphatic rings. The summed E-state index contributed by atoms with van der Waals surface area (Å²) >= 11 is 6.45. The van der Waals surface area contributed by atoms with E-state index in [4.69, 9.17) is 21.1 Å². The van der Waals surface area contributed by atoms with E-state index in [0.717, 1.165) is 31.4 Å². The Labute approximate surface area is 246 Å². The van der Waals surface area contributed by atoms with Gasteiger partial charge in [-0.05, 0) is 51.4 Å². The largest absolute Gasteiger partial charge is 0.477 e. The number of likely N-dealkylation sites (N-methyl/N-ethyl adjacent to an activating group) is 1. The fraction of sp³-hybridized carbons (Fsp3) is 0.633. The van der Waals surface area contributed by atoms with Crippen LogP contribution in [-0.4, -0.2) is 102 Å². The van der Waals surface area contributed by atoms with Crippen molar-refractivity contribution >= 4 is 23.3 Å². The Morgan fingerprint density at radius 2 is 2.15 bits per heavy atom. The lowest BCUT2D eigenvalue weighted by molar-refractivity contribution is -0.157. The second kappa shape index (κ2) is 11.6. The molecule has 0 aromatic heterocycles. The van der Waals surface area contributed by atoms with Crippen LogP contribution in [0.3, 0.4) is 0 Å². The monoisotopic (exact) mass is 582 g/mol. The highest BCUT2D eigenvalue weighted by Crippen LogP contribution is 2.47. The van der Waals surface area contributed by atoms with Crippen molar-refractivity contribution < 1.29 is 19.1 Å². The Bertz CT molecular complexity index is 1240. The predicted molar refractivity (Wildman–Crippen MR) is 153 cm³/mol. The summed E-state index contributed by atoms with van der Waals surface area (Å²) in [6.07, 6.45) is 4.96. The van der Waals surface area contributed by atoms with Crippen LogP contribution in [0.15, 0.2) is 30.9 Å². The van der Waals surface area contributed by atoms with Gasteiger partial charge in [0.05, 0.1) is 42.4 Å². The van der Waals surface area contributed by atoms with Gasteiger partial charge in [0.25, 0.3) is 0 Å². The molecule has 1 saturated carbocycles. The Hall–Kier alpha value is -2.52. The quantitative estimate of drug-likeness (QED) is 0.486. The Balaban J connectivity index is 1.24. The van der Waals surface area contributed by atoms with Crippen molar-refractivity contribution in [1.82, 2.24) is 25.3 Å². The molecule has 10 nitrogen and oxygen atoms in total. The van der Waals surface area contributed by atoms with Gasteiger partial charge in [0.1, 0.15) is 5.75 Å². The van der Waals surface area contributed by atoms with E-state index in [0.29, 0.717) is 55.9 Å². The summed E-state index contributed by atoms with van der Waals surface area (Å²) in [6, 6.07) is 7.54. The lowest BCUT2D eigenvalue weighted by Gasteiger charge is -2.53. The first kappa shape index (κ1) is 28.6. The number of nitrogens with zero attached hydrogens (tertiary/aromatic N) is 4. The predicted octanol–water partition coefficient (Wildman–Crippen LogP) is 1.89. The number of likely N-dealkylation sites (tertiary alicyclic amines) is 1. The molecule has 4 fully saturated rings. The van der Waals surface area contributed by atoms with Crippen LogP contribution in [0.5, 0.6) is 5.75 Å². The standard InChI is InChI=1S/C30H39ClN6O4/c1-3-24(38)37-15-14-36(17-20(37)10-12-32)28-22-9-11-30(16-19-6-4-8-23(31)26(19)41-30)27(39)25(22)33-29(34-28)40-18-21-7-5-13-35(21)2/h3-4,6,8,20-22,25,28-29,33-34H,1,5,7,9-11,13-18H2,2H3/t20?,21?,22?,25?,28?,29?,30-/m1/s1. The fourth-order valence-corrected chi connectivity index (χ4v) is 7.74. The first-order valence-corrected chi connectivity index (χ1v) is 15.1. The molecule has 4 heterocycles. The van der Waals surface area contributed by atoms with E-state index in [1.807, 2.05) is 12.1 Å². The maximum Gasteiger partial charge on any atom is 0.246 e. The summed E-state index contributed by atoms with van der Waals surface area (Å²) < 4.78 is 12.8. The molecule has 0 radical (unpaired) electrons. The number of Topliss-reactive ketones (excluding diaryl/α,β-unsaturated/α-hetero) is 1. The minimum Gasteiger partial charge on any atom is -0.477 e. The molecule has 41 heavy (non-hydrogen) atoms. The van der Waals surface area contributed by atoms with E-state index in [2.05, 4.69) is 40.1 Å². The van der Waals surface area contributed by atoms with Crippen LogP contribution in [-0.2, 0) is 20.7 Å². The van der Waals surface area contributed by atoms with Gasteiger partial charge in [-0.1, -0.05) is 30.3 Å². The number of fused-ring (bicyclic) bond motifs is 2. The zero-order valence-electron chi connectivity index (χ0n) is 23.6. The number of ether oxygens (including phenoxy) is 2. The lowest BCUT2D eigenvalue weighted by Crippen LogP contribution is -2.75. The minimum atomic E-state index is -0.946. The summed E-state index contributed by atoms with van der Waals surface area (Å²) in [5.41, 5.74) is 0.0205. The highest BCUT2D eigenvalue weighted by Gasteiger charge is 2.58. The molecular weight excluding hydrogens is 544 g/mol. The van der Waals surface area contributed by atoms with Crippen LogP contribution in [0.1, 0.15) is 37.7 Å². The molecule has 0 bridgehead atoms. The van der Waals surface area contributed by atoms with Gasteiger partial charge >= 0.3 is 0 Å². The van der Waals surface area contributed by atoms with Crippen molar-refractivity contribution in [1.29, 1.82) is 5.26 Å². The molecule has 4 aliphatic heterocycles. The average molecular weight is 583 g/mol. The Kier molecular flexibility index (Phi) is 8.11. The second-order valence-electron chi connectivity index (χ2n) is 12.1. The van der Waals surface area contributed by atoms with Crippen molar-refractivity contribution in [2.75, 3.05) is 39.8 Å². The number of rotatable bonds is 6. The number of benzene rings is 1. The highest BCUT2D eigenvalue weighted by molar-refractivity contribution is 6.32. The van der Waals surface area contributed by atoms with E-state index in [9.17, 15) is 14.9 Å². The van der Waals surface area contributed by atoms with Crippen LogP contribution in [0.2, 0.25) is 5.02 Å². The Morgan fingerprint density at radius 3 is 2.88 bits per heavy atom. The van der Waals surface area contributed by atoms with E-state index in [1.165, 1.54) is 6.08 Å². The first-order chi connectivity index (χ1) is 19.8. The van der Waals surface area contributed by atoms with Gasteiger partial charge in [0.2, 0.25) is 5.91 Å². The third-order valence-corrected chi connectivity index (χ3v) is 10.0. The number of halogens is 1. The molecule has 1 aromatic carbocycles. The first-order valence-electron chi connectivity index (χ1n) is 14.7. The van der Waals surface area contributed by atoms with Crippen LogP contribution in [0, 0.1) is 17.2 Å². The lowest BCUT2D eigenvalue weighted by atomic mass is 9.70. The van der Waals surface area contributed by atoms with Crippen molar-refractivity contribution in [3.05, 3.63) is 41.4 Å². The van der Waals surface area contributed by atoms with Crippen LogP contribution in [0.25, 0.3) is 0 Å². The van der Waals surface area contributed by atoms with Gasteiger partial charge in [-0.15, -0.1) is 0 Å². The van der Waals surface area contributed by atoms with Gasteiger partial charge in [-0.25, -0.2) is 0 Å². The number of hydrogen-bond acceptors (Lipinski definition) is 9. The molecule has 7 atom stereocenters. The van der Waals surface area contributed by atoms with Gasteiger partial charge in [0.15, 0.2) is 17.7 Å². The number of para-hydroxylation sites is 1. The van der Waals surface area contributed by atoms with Gasteiger partial charge < -0.3 is 19.3 Å². The highest BCUT2D eigenvalue weighted by atomic mass is 35.5. The molecule has 6 rings (SSSR count). The van der Waals surface area contributed by atoms with Crippen molar-refractivity contribution in [3.63, 3.8) is 0 Å². The number of amides is 1. The molecule has 11 heteroatoms. The summed E-state index contributed by atoms with van der Waals surface area (Å²) in [5, 5.41) is 17.2. The number of carbonyl (C=O) groups is 2. The summed E-state index contributed by atoms with van der Waals surface area (Å²) in [5.74, 6) is 0.461. The number of ketones is 1. The number of piperazine rings is 1. The van der Waals surface area contributed by atoms with Crippen molar-refractivity contribution in [3.8, 4) is 11.8 Å². The smallest absolute Gasteiger partial charge is 0.246 e. The summed E-state index contributed by atoms with van der Waals surface area (Å²) in [6.45, 7) is 6.90. The van der Waals surface area contributed by atoms with Crippen LogP contribution >= 0.6 is 11.6 Å². The third-order valence-electron chi connectivity index (χ3n) is 9.74. The number of nitrogens with one attached hydrogen (secondary N) is 2. The van der Waals surface area contributed by atoms with E-state index >= 15 is 0 Å². The van der Waals surface area contributed by atoms with E-state index < -0.39 is 18.0 Å². The minimum absolute atomic E-state index is 0.0331. The number of carbonyl (C=O) groups excluding carboxylic acids is 2. The van der Waals surface area contributed by atoms with E-state index in [1.54, 1.807) is 11.0 Å². The van der Waals surface area contributed by atoms with Crippen molar-refractivity contribution in [2.24, 2.45) is 5.92 Å². The van der Waals surface area contributed by atoms with Crippen LogP contribution < -0.4 is 15.4 Å². The topological polar surface area (TPSA) is 110 Å². The molecule has 2 N–H and O–H groups in total. The van der Waals surface area contributed by atoms with Crippen molar-refractivity contribution in [2.45, 2.75) is 74.8 Å². The normalized spacial score (nSPS) is 35.5. The maximum atomic E-state index is 14.3. The fourth-order valence-electron chi connectivity index (χ4n) is 7.51. The summed E-state index contributed by atoms with van der Waals surface area (Å²) in [4.78, 5) is 33.2. The second-order valence-corrected chi connectivity index (χ2v) is 12.5. The molecular formula is C30H39ClN6O4. The molecule has 1 aliphatic carbocycles. The zero-order valence-corrected chi connectivity index (χ0v) is 24.3. The SMILES string of the molecule is C=CC(=O)N1CCN(C2NC(OCC3CCCN3C)NC3C(=O)[C@@]4(CCC32)Cc2cccc(Cl)c2O4)CC1CC#N. The molecule has 6 unspecified atom stereocenters. The van der Waals surface area contributed by atoms with Gasteiger partial charge in [0, 0.05) is 43.6 Å². The molecule has 1 amide bonds. The number of nitriles is 1. The Morgan fingerprint density at radius 1 is 1.29 bits per heavy atom. The zero-order chi connectivity index (χ0) is 28.7. The van der Waals surface area contributed by atoms with E-state index in [-0.39, 0.29) is 36.2 Å². The molecule has 1 aromatic rings. The maximum absolute atomic E-state index is 14.3. The molecule has 3 saturated heterocycles. The molecule has 1 spiro atoms. The van der Waals surface area contributed by atoms with Crippen LogP contribution in [0.4, 0.5) is 0 Å². The summed E-state index contributed by atoms with van der Waals surface area (Å²) in [7, 11) is 2.12. The average Bonchev–Trinajstić information content (AvgIpc) is 3.57. The molecule has 220 valence electrons. The van der Waals surface area contributed by atoms with Gasteiger partial charge in [-0.2, -0.15) is 5.26 Å². The number of hydrogen-bond donors (Lipinski definition) is 2.